The third kappa shape index (κ3) is 5.03. The number of hydrogen-bond donors (Lipinski definition) is 4. The van der Waals surface area contributed by atoms with Crippen LogP contribution >= 0.6 is 0 Å². The van der Waals surface area contributed by atoms with Crippen LogP contribution in [0.25, 0.3) is 0 Å². The first-order valence-electron chi connectivity index (χ1n) is 10.1. The molecule has 0 spiro atoms. The second kappa shape index (κ2) is 9.18. The fourth-order valence-corrected chi connectivity index (χ4v) is 4.08. The highest BCUT2D eigenvalue weighted by Crippen LogP contribution is 2.26. The van der Waals surface area contributed by atoms with E-state index >= 15 is 0 Å². The van der Waals surface area contributed by atoms with Crippen molar-refractivity contribution >= 4 is 17.8 Å². The summed E-state index contributed by atoms with van der Waals surface area (Å²) in [5, 5.41) is 21.0. The van der Waals surface area contributed by atoms with Crippen molar-refractivity contribution in [2.24, 2.45) is 5.73 Å². The first-order chi connectivity index (χ1) is 14.7. The Bertz CT molecular complexity index is 997. The van der Waals surface area contributed by atoms with Crippen LogP contribution in [0.2, 0.25) is 0 Å². The number of aryl methyl sites for hydroxylation is 2. The van der Waals surface area contributed by atoms with Gasteiger partial charge in [-0.2, -0.15) is 0 Å². The van der Waals surface area contributed by atoms with Crippen molar-refractivity contribution in [2.45, 2.75) is 45.3 Å². The average Bonchev–Trinajstić information content (AvgIpc) is 2.72. The van der Waals surface area contributed by atoms with Crippen LogP contribution in [0.3, 0.4) is 0 Å². The molecule has 0 unspecified atom stereocenters. The van der Waals surface area contributed by atoms with E-state index in [1.54, 1.807) is 12.1 Å². The summed E-state index contributed by atoms with van der Waals surface area (Å²) in [5.74, 6) is -1.90. The zero-order chi connectivity index (χ0) is 22.7. The van der Waals surface area contributed by atoms with Crippen LogP contribution in [-0.4, -0.2) is 51.5 Å². The quantitative estimate of drug-likeness (QED) is 0.546. The molecule has 164 valence electrons. The van der Waals surface area contributed by atoms with E-state index in [4.69, 9.17) is 10.8 Å². The maximum absolute atomic E-state index is 13.3. The highest BCUT2D eigenvalue weighted by Gasteiger charge is 2.36. The topological polar surface area (TPSA) is 133 Å². The van der Waals surface area contributed by atoms with E-state index in [1.165, 1.54) is 4.90 Å². The van der Waals surface area contributed by atoms with Crippen LogP contribution in [0.15, 0.2) is 36.4 Å². The SMILES string of the molecule is Cc1cc(O)cc(C)c1C[C@H](N)C(=O)N1Cc2ccccc2C[C@H]1C(=O)NCC(=O)O. The van der Waals surface area contributed by atoms with Crippen molar-refractivity contribution in [1.82, 2.24) is 10.2 Å². The van der Waals surface area contributed by atoms with Gasteiger partial charge in [-0.1, -0.05) is 24.3 Å². The first kappa shape index (κ1) is 22.3. The number of benzene rings is 2. The Morgan fingerprint density at radius 2 is 1.77 bits per heavy atom. The lowest BCUT2D eigenvalue weighted by atomic mass is 9.91. The van der Waals surface area contributed by atoms with Crippen molar-refractivity contribution in [1.29, 1.82) is 0 Å². The molecule has 3 rings (SSSR count). The predicted molar refractivity (Wildman–Crippen MR) is 114 cm³/mol. The Kier molecular flexibility index (Phi) is 6.60. The van der Waals surface area contributed by atoms with Crippen molar-refractivity contribution in [3.63, 3.8) is 0 Å². The number of carbonyl (C=O) groups is 3. The lowest BCUT2D eigenvalue weighted by Gasteiger charge is -2.37. The summed E-state index contributed by atoms with van der Waals surface area (Å²) in [6, 6.07) is 9.06. The number of hydrogen-bond acceptors (Lipinski definition) is 5. The number of aromatic hydroxyl groups is 1. The number of carboxylic acids is 1. The number of phenolic OH excluding ortho intramolecular Hbond substituents is 1. The van der Waals surface area contributed by atoms with Gasteiger partial charge in [-0.15, -0.1) is 0 Å². The molecule has 0 bridgehead atoms. The first-order valence-corrected chi connectivity index (χ1v) is 10.1. The third-order valence-corrected chi connectivity index (χ3v) is 5.67. The summed E-state index contributed by atoms with van der Waals surface area (Å²) in [6.07, 6.45) is 0.551. The van der Waals surface area contributed by atoms with E-state index in [-0.39, 0.29) is 31.0 Å². The van der Waals surface area contributed by atoms with E-state index in [2.05, 4.69) is 5.32 Å². The van der Waals surface area contributed by atoms with Gasteiger partial charge in [0.25, 0.3) is 0 Å². The Labute approximate surface area is 180 Å². The van der Waals surface area contributed by atoms with Gasteiger partial charge in [-0.3, -0.25) is 14.4 Å². The van der Waals surface area contributed by atoms with E-state index in [0.29, 0.717) is 0 Å². The zero-order valence-electron chi connectivity index (χ0n) is 17.6. The Hall–Kier alpha value is -3.39. The molecule has 8 nitrogen and oxygen atoms in total. The molecular formula is C23H27N3O5. The number of aliphatic carboxylic acids is 1. The number of nitrogens with zero attached hydrogens (tertiary/aromatic N) is 1. The smallest absolute Gasteiger partial charge is 0.322 e. The Morgan fingerprint density at radius 1 is 1.16 bits per heavy atom. The normalized spacial score (nSPS) is 16.4. The molecule has 0 aliphatic carbocycles. The Balaban J connectivity index is 1.85. The number of fused-ring (bicyclic) bond motifs is 1. The van der Waals surface area contributed by atoms with E-state index in [1.807, 2.05) is 38.1 Å². The average molecular weight is 425 g/mol. The van der Waals surface area contributed by atoms with Gasteiger partial charge < -0.3 is 26.2 Å². The molecule has 1 heterocycles. The number of amides is 2. The number of nitrogens with one attached hydrogen (secondary N) is 1. The Morgan fingerprint density at radius 3 is 2.39 bits per heavy atom. The molecule has 5 N–H and O–H groups in total. The number of phenols is 1. The highest BCUT2D eigenvalue weighted by atomic mass is 16.4. The monoisotopic (exact) mass is 425 g/mol. The van der Waals surface area contributed by atoms with Gasteiger partial charge in [0.2, 0.25) is 11.8 Å². The minimum atomic E-state index is -1.16. The van der Waals surface area contributed by atoms with Gasteiger partial charge in [0, 0.05) is 13.0 Å². The summed E-state index contributed by atoms with van der Waals surface area (Å²) in [5.41, 5.74) is 10.7. The van der Waals surface area contributed by atoms with Gasteiger partial charge in [0.1, 0.15) is 18.3 Å². The molecule has 2 aromatic rings. The summed E-state index contributed by atoms with van der Waals surface area (Å²) in [4.78, 5) is 38.3. The van der Waals surface area contributed by atoms with Crippen LogP contribution in [0.1, 0.15) is 27.8 Å². The fraction of sp³-hybridized carbons (Fsp3) is 0.348. The van der Waals surface area contributed by atoms with Crippen LogP contribution in [-0.2, 0) is 33.8 Å². The van der Waals surface area contributed by atoms with Gasteiger partial charge in [-0.25, -0.2) is 0 Å². The summed E-state index contributed by atoms with van der Waals surface area (Å²) in [7, 11) is 0. The van der Waals surface area contributed by atoms with Crippen molar-refractivity contribution in [3.8, 4) is 5.75 Å². The summed E-state index contributed by atoms with van der Waals surface area (Å²) in [6.45, 7) is 3.40. The fourth-order valence-electron chi connectivity index (χ4n) is 4.08. The lowest BCUT2D eigenvalue weighted by molar-refractivity contribution is -0.144. The molecule has 2 amide bonds. The van der Waals surface area contributed by atoms with Gasteiger partial charge >= 0.3 is 5.97 Å². The largest absolute Gasteiger partial charge is 0.508 e. The minimum absolute atomic E-state index is 0.154. The molecule has 8 heteroatoms. The molecule has 2 atom stereocenters. The van der Waals surface area contributed by atoms with Crippen LogP contribution in [0, 0.1) is 13.8 Å². The second-order valence-electron chi connectivity index (χ2n) is 7.94. The zero-order valence-corrected chi connectivity index (χ0v) is 17.6. The van der Waals surface area contributed by atoms with E-state index in [0.717, 1.165) is 27.8 Å². The van der Waals surface area contributed by atoms with Crippen molar-refractivity contribution < 1.29 is 24.6 Å². The molecule has 2 aromatic carbocycles. The highest BCUT2D eigenvalue weighted by molar-refractivity contribution is 5.92. The number of carboxylic acid groups (broad SMARTS) is 1. The van der Waals surface area contributed by atoms with E-state index < -0.39 is 30.5 Å². The van der Waals surface area contributed by atoms with Crippen LogP contribution < -0.4 is 11.1 Å². The third-order valence-electron chi connectivity index (χ3n) is 5.67. The number of carbonyl (C=O) groups excluding carboxylic acids is 2. The molecule has 0 fully saturated rings. The minimum Gasteiger partial charge on any atom is -0.508 e. The number of rotatable bonds is 6. The molecule has 31 heavy (non-hydrogen) atoms. The number of nitrogens with two attached hydrogens (primary N) is 1. The molecule has 0 saturated carbocycles. The summed E-state index contributed by atoms with van der Waals surface area (Å²) >= 11 is 0. The van der Waals surface area contributed by atoms with Crippen LogP contribution in [0.5, 0.6) is 5.75 Å². The molecule has 0 radical (unpaired) electrons. The standard InChI is InChI=1S/C23H27N3O5/c1-13-7-17(27)8-14(2)18(13)10-19(24)23(31)26-12-16-6-4-3-5-15(16)9-20(26)22(30)25-11-21(28)29/h3-8,19-20,27H,9-12,24H2,1-2H3,(H,25,30)(H,28,29)/t19-,20-/m0/s1. The van der Waals surface area contributed by atoms with Crippen molar-refractivity contribution in [2.75, 3.05) is 6.54 Å². The lowest BCUT2D eigenvalue weighted by Crippen LogP contribution is -2.57. The molecule has 0 saturated heterocycles. The van der Waals surface area contributed by atoms with Crippen LogP contribution in [0.4, 0.5) is 0 Å². The molecule has 0 aromatic heterocycles. The van der Waals surface area contributed by atoms with Crippen molar-refractivity contribution in [3.05, 3.63) is 64.2 Å². The predicted octanol–water partition coefficient (Wildman–Crippen LogP) is 1.03. The second-order valence-corrected chi connectivity index (χ2v) is 7.94. The van der Waals surface area contributed by atoms with Gasteiger partial charge in [0.15, 0.2) is 0 Å². The maximum Gasteiger partial charge on any atom is 0.322 e. The summed E-state index contributed by atoms with van der Waals surface area (Å²) < 4.78 is 0. The van der Waals surface area contributed by atoms with Gasteiger partial charge in [0.05, 0.1) is 6.04 Å². The molecule has 1 aliphatic heterocycles. The molecule has 1 aliphatic rings. The molecular weight excluding hydrogens is 398 g/mol. The van der Waals surface area contributed by atoms with Gasteiger partial charge in [-0.05, 0) is 60.2 Å². The maximum atomic E-state index is 13.3. The van der Waals surface area contributed by atoms with E-state index in [9.17, 15) is 19.5 Å².